The van der Waals surface area contributed by atoms with Gasteiger partial charge in [0.25, 0.3) is 0 Å². The van der Waals surface area contributed by atoms with Crippen LogP contribution in [-0.2, 0) is 19.4 Å². The third-order valence-corrected chi connectivity index (χ3v) is 4.63. The van der Waals surface area contributed by atoms with Crippen molar-refractivity contribution < 1.29 is 18.7 Å². The van der Waals surface area contributed by atoms with Crippen molar-refractivity contribution >= 4 is 6.03 Å². The van der Waals surface area contributed by atoms with Gasteiger partial charge in [-0.3, -0.25) is 0 Å². The molecule has 138 valence electrons. The van der Waals surface area contributed by atoms with Crippen LogP contribution in [0, 0.1) is 5.82 Å². The number of rotatable bonds is 5. The minimum Gasteiger partial charge on any atom is -0.493 e. The predicted octanol–water partition coefficient (Wildman–Crippen LogP) is 3.15. The van der Waals surface area contributed by atoms with E-state index in [9.17, 15) is 9.18 Å². The molecule has 0 aromatic heterocycles. The fourth-order valence-electron chi connectivity index (χ4n) is 3.17. The molecule has 1 N–H and O–H groups in total. The number of halogens is 1. The highest BCUT2D eigenvalue weighted by Gasteiger charge is 2.22. The molecule has 26 heavy (non-hydrogen) atoms. The van der Waals surface area contributed by atoms with Gasteiger partial charge >= 0.3 is 6.03 Å². The molecule has 5 nitrogen and oxygen atoms in total. The number of urea groups is 1. The smallest absolute Gasteiger partial charge is 0.317 e. The molecule has 2 amide bonds. The van der Waals surface area contributed by atoms with E-state index in [0.29, 0.717) is 43.1 Å². The number of fused-ring (bicyclic) bond motifs is 1. The van der Waals surface area contributed by atoms with Gasteiger partial charge in [0.1, 0.15) is 5.82 Å². The second-order valence-corrected chi connectivity index (χ2v) is 6.22. The first kappa shape index (κ1) is 18.0. The van der Waals surface area contributed by atoms with Crippen LogP contribution in [0.25, 0.3) is 0 Å². The summed E-state index contributed by atoms with van der Waals surface area (Å²) in [4.78, 5) is 14.2. The molecule has 1 heterocycles. The Morgan fingerprint density at radius 1 is 1.15 bits per heavy atom. The molecule has 0 saturated heterocycles. The summed E-state index contributed by atoms with van der Waals surface area (Å²) in [6, 6.07) is 10.4. The topological polar surface area (TPSA) is 50.8 Å². The number of nitrogens with zero attached hydrogens (tertiary/aromatic N) is 1. The lowest BCUT2D eigenvalue weighted by atomic mass is 9.99. The number of benzene rings is 2. The van der Waals surface area contributed by atoms with Crippen LogP contribution in [0.3, 0.4) is 0 Å². The number of nitrogens with one attached hydrogen (secondary N) is 1. The molecule has 0 atom stereocenters. The molecule has 1 aliphatic rings. The van der Waals surface area contributed by atoms with Gasteiger partial charge in [0, 0.05) is 19.6 Å². The van der Waals surface area contributed by atoms with Gasteiger partial charge in [-0.05, 0) is 47.7 Å². The van der Waals surface area contributed by atoms with E-state index in [1.807, 2.05) is 12.1 Å². The summed E-state index contributed by atoms with van der Waals surface area (Å²) in [6.45, 7) is 1.55. The molecular formula is C20H23FN2O3. The van der Waals surface area contributed by atoms with Gasteiger partial charge in [0.15, 0.2) is 11.5 Å². The zero-order valence-corrected chi connectivity index (χ0v) is 15.0. The molecule has 2 aromatic carbocycles. The van der Waals surface area contributed by atoms with Crippen LogP contribution in [0.4, 0.5) is 9.18 Å². The van der Waals surface area contributed by atoms with Gasteiger partial charge in [-0.2, -0.15) is 0 Å². The van der Waals surface area contributed by atoms with Crippen molar-refractivity contribution in [3.05, 3.63) is 58.9 Å². The molecule has 6 heteroatoms. The Balaban J connectivity index is 1.59. The van der Waals surface area contributed by atoms with E-state index in [-0.39, 0.29) is 11.8 Å². The lowest BCUT2D eigenvalue weighted by Gasteiger charge is -2.29. The van der Waals surface area contributed by atoms with Gasteiger partial charge < -0.3 is 19.7 Å². The lowest BCUT2D eigenvalue weighted by Crippen LogP contribution is -2.43. The summed E-state index contributed by atoms with van der Waals surface area (Å²) in [7, 11) is 3.21. The van der Waals surface area contributed by atoms with Crippen molar-refractivity contribution in [3.63, 3.8) is 0 Å². The monoisotopic (exact) mass is 358 g/mol. The molecule has 2 aromatic rings. The van der Waals surface area contributed by atoms with E-state index < -0.39 is 0 Å². The number of hydrogen-bond acceptors (Lipinski definition) is 3. The lowest BCUT2D eigenvalue weighted by molar-refractivity contribution is 0.192. The fourth-order valence-corrected chi connectivity index (χ4v) is 3.17. The van der Waals surface area contributed by atoms with Crippen LogP contribution in [0.5, 0.6) is 11.5 Å². The van der Waals surface area contributed by atoms with Gasteiger partial charge in [0.05, 0.1) is 14.2 Å². The zero-order valence-electron chi connectivity index (χ0n) is 15.0. The quantitative estimate of drug-likeness (QED) is 0.893. The van der Waals surface area contributed by atoms with E-state index in [0.717, 1.165) is 17.5 Å². The zero-order chi connectivity index (χ0) is 18.5. The van der Waals surface area contributed by atoms with Crippen molar-refractivity contribution in [2.45, 2.75) is 19.4 Å². The first-order chi connectivity index (χ1) is 12.6. The second kappa shape index (κ2) is 8.08. The highest BCUT2D eigenvalue weighted by molar-refractivity contribution is 5.74. The molecular weight excluding hydrogens is 335 g/mol. The number of ether oxygens (including phenoxy) is 2. The number of carbonyl (C=O) groups is 1. The third kappa shape index (κ3) is 3.90. The van der Waals surface area contributed by atoms with Crippen molar-refractivity contribution in [2.75, 3.05) is 27.3 Å². The molecule has 0 unspecified atom stereocenters. The van der Waals surface area contributed by atoms with Crippen LogP contribution < -0.4 is 14.8 Å². The molecule has 3 rings (SSSR count). The highest BCUT2D eigenvalue weighted by Crippen LogP contribution is 2.33. The second-order valence-electron chi connectivity index (χ2n) is 6.22. The van der Waals surface area contributed by atoms with Crippen LogP contribution in [-0.4, -0.2) is 38.2 Å². The maximum Gasteiger partial charge on any atom is 0.317 e. The largest absolute Gasteiger partial charge is 0.493 e. The van der Waals surface area contributed by atoms with Gasteiger partial charge in [-0.15, -0.1) is 0 Å². The van der Waals surface area contributed by atoms with Crippen molar-refractivity contribution in [1.29, 1.82) is 0 Å². The Morgan fingerprint density at radius 2 is 1.85 bits per heavy atom. The summed E-state index contributed by atoms with van der Waals surface area (Å²) in [6.07, 6.45) is 1.23. The fraction of sp³-hybridized carbons (Fsp3) is 0.350. The summed E-state index contributed by atoms with van der Waals surface area (Å²) >= 11 is 0. The van der Waals surface area contributed by atoms with Gasteiger partial charge in [-0.1, -0.05) is 18.2 Å². The Bertz CT molecular complexity index is 795. The molecule has 0 spiro atoms. The van der Waals surface area contributed by atoms with Gasteiger partial charge in [0.2, 0.25) is 0 Å². The van der Waals surface area contributed by atoms with Crippen LogP contribution in [0.1, 0.15) is 16.7 Å². The minimum absolute atomic E-state index is 0.137. The number of hydrogen-bond donors (Lipinski definition) is 1. The Morgan fingerprint density at radius 3 is 2.54 bits per heavy atom. The SMILES string of the molecule is COc1cc2c(cc1OC)CN(C(=O)NCCc1ccccc1F)CC2. The van der Waals surface area contributed by atoms with Crippen LogP contribution in [0.2, 0.25) is 0 Å². The standard InChI is InChI=1S/C20H23FN2O3/c1-25-18-11-15-8-10-23(13-16(15)12-19(18)26-2)20(24)22-9-7-14-5-3-4-6-17(14)21/h3-6,11-12H,7-10,13H2,1-2H3,(H,22,24). The Kier molecular flexibility index (Phi) is 5.61. The van der Waals surface area contributed by atoms with E-state index >= 15 is 0 Å². The number of carbonyl (C=O) groups excluding carboxylic acids is 1. The maximum absolute atomic E-state index is 13.6. The molecule has 0 fully saturated rings. The van der Waals surface area contributed by atoms with E-state index in [1.54, 1.807) is 37.3 Å². The van der Waals surface area contributed by atoms with E-state index in [2.05, 4.69) is 5.32 Å². The van der Waals surface area contributed by atoms with Crippen LogP contribution >= 0.6 is 0 Å². The highest BCUT2D eigenvalue weighted by atomic mass is 19.1. The minimum atomic E-state index is -0.241. The van der Waals surface area contributed by atoms with Crippen molar-refractivity contribution in [2.24, 2.45) is 0 Å². The molecule has 0 aliphatic carbocycles. The van der Waals surface area contributed by atoms with Crippen LogP contribution in [0.15, 0.2) is 36.4 Å². The average Bonchev–Trinajstić information content (AvgIpc) is 2.67. The van der Waals surface area contributed by atoms with Gasteiger partial charge in [-0.25, -0.2) is 9.18 Å². The summed E-state index contributed by atoms with van der Waals surface area (Å²) < 4.78 is 24.3. The molecule has 0 saturated carbocycles. The first-order valence-electron chi connectivity index (χ1n) is 8.62. The van der Waals surface area contributed by atoms with E-state index in [1.165, 1.54) is 6.07 Å². The Hall–Kier alpha value is -2.76. The maximum atomic E-state index is 13.6. The summed E-state index contributed by atoms with van der Waals surface area (Å²) in [5.41, 5.74) is 2.82. The number of amides is 2. The van der Waals surface area contributed by atoms with Crippen molar-refractivity contribution in [1.82, 2.24) is 10.2 Å². The number of methoxy groups -OCH3 is 2. The average molecular weight is 358 g/mol. The first-order valence-corrected chi connectivity index (χ1v) is 8.62. The molecule has 0 bridgehead atoms. The Labute approximate surface area is 152 Å². The third-order valence-electron chi connectivity index (χ3n) is 4.63. The normalized spacial score (nSPS) is 13.1. The molecule has 1 aliphatic heterocycles. The predicted molar refractivity (Wildman–Crippen MR) is 97.2 cm³/mol. The molecule has 0 radical (unpaired) electrons. The summed E-state index contributed by atoms with van der Waals surface area (Å²) in [5, 5.41) is 2.87. The summed E-state index contributed by atoms with van der Waals surface area (Å²) in [5.74, 6) is 1.12. The van der Waals surface area contributed by atoms with Crippen molar-refractivity contribution in [3.8, 4) is 11.5 Å². The van der Waals surface area contributed by atoms with E-state index in [4.69, 9.17) is 9.47 Å².